The van der Waals surface area contributed by atoms with Crippen LogP contribution in [0.25, 0.3) is 11.1 Å². The molecule has 0 bridgehead atoms. The Bertz CT molecular complexity index is 708. The number of fused-ring (bicyclic) bond motifs is 1. The summed E-state index contributed by atoms with van der Waals surface area (Å²) in [7, 11) is 0. The molecule has 3 heteroatoms. The molecule has 0 saturated carbocycles. The molecule has 0 spiro atoms. The van der Waals surface area contributed by atoms with Crippen LogP contribution in [0.1, 0.15) is 25.0 Å². The lowest BCUT2D eigenvalue weighted by Crippen LogP contribution is -2.25. The number of aryl methyl sites for hydroxylation is 1. The molecule has 3 rings (SSSR count). The zero-order chi connectivity index (χ0) is 15.0. The second kappa shape index (κ2) is 5.32. The number of hydrogen-bond acceptors (Lipinski definition) is 1. The smallest absolute Gasteiger partial charge is 0.223 e. The molecule has 1 heterocycles. The number of hydrogen-bond donors (Lipinski definition) is 0. The van der Waals surface area contributed by atoms with E-state index in [-0.39, 0.29) is 11.7 Å². The van der Waals surface area contributed by atoms with E-state index in [1.54, 1.807) is 17.9 Å². The molecule has 0 N–H and O–H groups in total. The van der Waals surface area contributed by atoms with Crippen molar-refractivity contribution in [1.82, 2.24) is 0 Å². The fraction of sp³-hybridized carbons (Fsp3) is 0.278. The third-order valence-electron chi connectivity index (χ3n) is 4.12. The molecule has 2 nitrogen and oxygen atoms in total. The van der Waals surface area contributed by atoms with Gasteiger partial charge in [-0.05, 0) is 53.3 Å². The average molecular weight is 283 g/mol. The van der Waals surface area contributed by atoms with E-state index in [0.717, 1.165) is 40.9 Å². The lowest BCUT2D eigenvalue weighted by atomic mass is 9.99. The second-order valence-electron chi connectivity index (χ2n) is 5.42. The van der Waals surface area contributed by atoms with Crippen molar-refractivity contribution in [3.8, 4) is 11.1 Å². The average Bonchev–Trinajstić information content (AvgIpc) is 2.90. The van der Waals surface area contributed by atoms with Crippen molar-refractivity contribution >= 4 is 11.6 Å². The molecule has 0 unspecified atom stereocenters. The Morgan fingerprint density at radius 1 is 1.19 bits per heavy atom. The molecule has 2 aromatic carbocycles. The van der Waals surface area contributed by atoms with Gasteiger partial charge in [-0.1, -0.05) is 25.1 Å². The van der Waals surface area contributed by atoms with E-state index in [2.05, 4.69) is 6.07 Å². The molecule has 0 saturated heterocycles. The molecule has 1 aliphatic rings. The zero-order valence-corrected chi connectivity index (χ0v) is 12.3. The highest BCUT2D eigenvalue weighted by Crippen LogP contribution is 2.32. The molecular weight excluding hydrogens is 265 g/mol. The third kappa shape index (κ3) is 2.44. The molecule has 21 heavy (non-hydrogen) atoms. The minimum atomic E-state index is -0.152. The third-order valence-corrected chi connectivity index (χ3v) is 4.12. The number of nitrogens with zero attached hydrogens (tertiary/aromatic N) is 1. The monoisotopic (exact) mass is 283 g/mol. The molecule has 0 aromatic heterocycles. The lowest BCUT2D eigenvalue weighted by Gasteiger charge is -2.15. The zero-order valence-electron chi connectivity index (χ0n) is 12.3. The Hall–Kier alpha value is -2.16. The molecular formula is C18H18FNO. The van der Waals surface area contributed by atoms with Crippen molar-refractivity contribution in [3.63, 3.8) is 0 Å². The van der Waals surface area contributed by atoms with Crippen molar-refractivity contribution in [2.24, 2.45) is 0 Å². The van der Waals surface area contributed by atoms with Gasteiger partial charge < -0.3 is 4.90 Å². The number of amides is 1. The summed E-state index contributed by atoms with van der Waals surface area (Å²) in [5, 5.41) is 0. The fourth-order valence-electron chi connectivity index (χ4n) is 2.92. The number of anilines is 1. The second-order valence-corrected chi connectivity index (χ2v) is 5.42. The SMILES string of the molecule is CCc1ccc(-c2ccc3c(c2)CCN3C(C)=O)cc1F. The van der Waals surface area contributed by atoms with Gasteiger partial charge in [0.1, 0.15) is 5.82 Å². The molecule has 0 aliphatic carbocycles. The molecule has 1 amide bonds. The van der Waals surface area contributed by atoms with Crippen LogP contribution in [-0.2, 0) is 17.6 Å². The van der Waals surface area contributed by atoms with Crippen LogP contribution in [0.3, 0.4) is 0 Å². The molecule has 108 valence electrons. The van der Waals surface area contributed by atoms with E-state index in [4.69, 9.17) is 0 Å². The van der Waals surface area contributed by atoms with Gasteiger partial charge in [-0.15, -0.1) is 0 Å². The van der Waals surface area contributed by atoms with Crippen molar-refractivity contribution in [2.45, 2.75) is 26.7 Å². The summed E-state index contributed by atoms with van der Waals surface area (Å²) >= 11 is 0. The van der Waals surface area contributed by atoms with Gasteiger partial charge in [-0.2, -0.15) is 0 Å². The Kier molecular flexibility index (Phi) is 3.50. The largest absolute Gasteiger partial charge is 0.312 e. The quantitative estimate of drug-likeness (QED) is 0.817. The predicted molar refractivity (Wildman–Crippen MR) is 82.9 cm³/mol. The summed E-state index contributed by atoms with van der Waals surface area (Å²) in [6.45, 7) is 4.27. The maximum Gasteiger partial charge on any atom is 0.223 e. The van der Waals surface area contributed by atoms with Crippen LogP contribution in [0.2, 0.25) is 0 Å². The highest BCUT2D eigenvalue weighted by Gasteiger charge is 2.22. The standard InChI is InChI=1S/C18H18FNO/c1-3-13-4-5-15(11-17(13)19)14-6-7-18-16(10-14)8-9-20(18)12(2)21/h4-7,10-11H,3,8-9H2,1-2H3. The van der Waals surface area contributed by atoms with E-state index in [1.165, 1.54) is 0 Å². The molecule has 0 fully saturated rings. The van der Waals surface area contributed by atoms with Crippen molar-refractivity contribution in [2.75, 3.05) is 11.4 Å². The van der Waals surface area contributed by atoms with Crippen LogP contribution < -0.4 is 4.90 Å². The highest BCUT2D eigenvalue weighted by molar-refractivity contribution is 5.94. The van der Waals surface area contributed by atoms with Gasteiger partial charge >= 0.3 is 0 Å². The highest BCUT2D eigenvalue weighted by atomic mass is 19.1. The minimum absolute atomic E-state index is 0.0693. The summed E-state index contributed by atoms with van der Waals surface area (Å²) in [4.78, 5) is 13.3. The summed E-state index contributed by atoms with van der Waals surface area (Å²) < 4.78 is 13.9. The number of carbonyl (C=O) groups excluding carboxylic acids is 1. The van der Waals surface area contributed by atoms with Gasteiger partial charge in [-0.3, -0.25) is 4.79 Å². The molecule has 0 radical (unpaired) electrons. The van der Waals surface area contributed by atoms with Crippen LogP contribution in [-0.4, -0.2) is 12.5 Å². The summed E-state index contributed by atoms with van der Waals surface area (Å²) in [5.74, 6) is -0.0827. The number of benzene rings is 2. The van der Waals surface area contributed by atoms with Gasteiger partial charge in [0.15, 0.2) is 0 Å². The normalized spacial score (nSPS) is 13.4. The predicted octanol–water partition coefficient (Wildman–Crippen LogP) is 3.96. The van der Waals surface area contributed by atoms with Gasteiger partial charge in [0.05, 0.1) is 0 Å². The van der Waals surface area contributed by atoms with Crippen molar-refractivity contribution in [1.29, 1.82) is 0 Å². The summed E-state index contributed by atoms with van der Waals surface area (Å²) in [6, 6.07) is 11.4. The minimum Gasteiger partial charge on any atom is -0.312 e. The maximum atomic E-state index is 13.9. The first-order valence-electron chi connectivity index (χ1n) is 7.30. The van der Waals surface area contributed by atoms with Gasteiger partial charge in [0.2, 0.25) is 5.91 Å². The fourth-order valence-corrected chi connectivity index (χ4v) is 2.92. The first kappa shape index (κ1) is 13.8. The number of carbonyl (C=O) groups is 1. The van der Waals surface area contributed by atoms with E-state index in [9.17, 15) is 9.18 Å². The van der Waals surface area contributed by atoms with Crippen LogP contribution >= 0.6 is 0 Å². The molecule has 1 aliphatic heterocycles. The van der Waals surface area contributed by atoms with Crippen LogP contribution in [0.15, 0.2) is 36.4 Å². The maximum absolute atomic E-state index is 13.9. The first-order valence-corrected chi connectivity index (χ1v) is 7.30. The molecule has 0 atom stereocenters. The first-order chi connectivity index (χ1) is 10.1. The van der Waals surface area contributed by atoms with E-state index in [1.807, 2.05) is 31.2 Å². The Balaban J connectivity index is 1.98. The van der Waals surface area contributed by atoms with Gasteiger partial charge in [0.25, 0.3) is 0 Å². The van der Waals surface area contributed by atoms with Crippen molar-refractivity contribution in [3.05, 3.63) is 53.3 Å². The summed E-state index contributed by atoms with van der Waals surface area (Å²) in [5.41, 5.74) is 4.76. The van der Waals surface area contributed by atoms with E-state index in [0.29, 0.717) is 6.42 Å². The van der Waals surface area contributed by atoms with Gasteiger partial charge in [-0.25, -0.2) is 4.39 Å². The lowest BCUT2D eigenvalue weighted by molar-refractivity contribution is -0.116. The van der Waals surface area contributed by atoms with Crippen LogP contribution in [0.5, 0.6) is 0 Å². The topological polar surface area (TPSA) is 20.3 Å². The van der Waals surface area contributed by atoms with Crippen LogP contribution in [0.4, 0.5) is 10.1 Å². The van der Waals surface area contributed by atoms with Crippen LogP contribution in [0, 0.1) is 5.82 Å². The van der Waals surface area contributed by atoms with E-state index < -0.39 is 0 Å². The molecule has 2 aromatic rings. The Morgan fingerprint density at radius 2 is 1.90 bits per heavy atom. The Labute approximate surface area is 124 Å². The Morgan fingerprint density at radius 3 is 2.57 bits per heavy atom. The number of rotatable bonds is 2. The van der Waals surface area contributed by atoms with E-state index >= 15 is 0 Å². The van der Waals surface area contributed by atoms with Gasteiger partial charge in [0, 0.05) is 19.2 Å². The van der Waals surface area contributed by atoms with Crippen molar-refractivity contribution < 1.29 is 9.18 Å². The number of halogens is 1. The summed E-state index contributed by atoms with van der Waals surface area (Å²) in [6.07, 6.45) is 1.56.